The van der Waals surface area contributed by atoms with E-state index in [9.17, 15) is 0 Å². The molecule has 22 heavy (non-hydrogen) atoms. The Bertz CT molecular complexity index is 399. The van der Waals surface area contributed by atoms with Gasteiger partial charge in [-0.05, 0) is 54.3 Å². The lowest BCUT2D eigenvalue weighted by atomic mass is 9.69. The Morgan fingerprint density at radius 1 is 1.14 bits per heavy atom. The van der Waals surface area contributed by atoms with Crippen LogP contribution in [0.15, 0.2) is 0 Å². The van der Waals surface area contributed by atoms with Crippen molar-refractivity contribution < 1.29 is 0 Å². The highest BCUT2D eigenvalue weighted by molar-refractivity contribution is 5.17. The Morgan fingerprint density at radius 3 is 2.09 bits per heavy atom. The zero-order valence-electron chi connectivity index (χ0n) is 16.8. The molecule has 5 unspecified atom stereocenters. The molecule has 2 rings (SSSR count). The number of rotatable bonds is 7. The van der Waals surface area contributed by atoms with Gasteiger partial charge in [-0.15, -0.1) is 0 Å². The average Bonchev–Trinajstić information content (AvgIpc) is 2.84. The highest BCUT2D eigenvalue weighted by atomic mass is 15.3. The Morgan fingerprint density at radius 2 is 1.73 bits per heavy atom. The van der Waals surface area contributed by atoms with Crippen LogP contribution in [0.2, 0.25) is 0 Å². The Labute approximate surface area is 140 Å². The monoisotopic (exact) mass is 307 g/mol. The summed E-state index contributed by atoms with van der Waals surface area (Å²) in [7, 11) is 0. The van der Waals surface area contributed by atoms with Crippen molar-refractivity contribution in [2.75, 3.05) is 13.1 Å². The van der Waals surface area contributed by atoms with Gasteiger partial charge >= 0.3 is 0 Å². The van der Waals surface area contributed by atoms with E-state index in [4.69, 9.17) is 0 Å². The maximum atomic E-state index is 2.86. The molecule has 0 aromatic carbocycles. The van der Waals surface area contributed by atoms with Gasteiger partial charge in [-0.3, -0.25) is 4.90 Å². The molecule has 1 saturated carbocycles. The molecule has 1 saturated heterocycles. The van der Waals surface area contributed by atoms with Crippen LogP contribution in [0.5, 0.6) is 0 Å². The summed E-state index contributed by atoms with van der Waals surface area (Å²) in [6.45, 7) is 24.8. The predicted molar refractivity (Wildman–Crippen MR) is 98.0 cm³/mol. The van der Waals surface area contributed by atoms with Gasteiger partial charge in [0, 0.05) is 18.6 Å². The van der Waals surface area contributed by atoms with Gasteiger partial charge in [-0.2, -0.15) is 0 Å². The van der Waals surface area contributed by atoms with E-state index in [2.05, 4.69) is 67.2 Å². The molecular weight excluding hydrogens is 266 g/mol. The van der Waals surface area contributed by atoms with Crippen molar-refractivity contribution in [1.82, 2.24) is 4.90 Å². The molecule has 0 N–H and O–H groups in total. The third kappa shape index (κ3) is 2.87. The van der Waals surface area contributed by atoms with Gasteiger partial charge in [-0.25, -0.2) is 0 Å². The summed E-state index contributed by atoms with van der Waals surface area (Å²) in [5, 5.41) is 0. The number of nitrogens with zero attached hydrogens (tertiary/aromatic N) is 1. The van der Waals surface area contributed by atoms with Crippen molar-refractivity contribution in [2.24, 2.45) is 34.5 Å². The number of hydrogen-bond donors (Lipinski definition) is 0. The molecule has 1 aliphatic carbocycles. The molecule has 130 valence electrons. The van der Waals surface area contributed by atoms with Crippen molar-refractivity contribution in [1.29, 1.82) is 0 Å². The smallest absolute Gasteiger partial charge is 0.0184 e. The van der Waals surface area contributed by atoms with E-state index in [1.54, 1.807) is 0 Å². The van der Waals surface area contributed by atoms with E-state index in [1.165, 1.54) is 32.4 Å². The molecule has 0 aromatic heterocycles. The summed E-state index contributed by atoms with van der Waals surface area (Å²) in [6.07, 6.45) is 3.91. The van der Waals surface area contributed by atoms with E-state index in [0.29, 0.717) is 16.4 Å². The molecule has 5 atom stereocenters. The molecule has 1 aliphatic heterocycles. The molecule has 0 aromatic rings. The van der Waals surface area contributed by atoms with Crippen LogP contribution >= 0.6 is 0 Å². The second kappa shape index (κ2) is 5.80. The fraction of sp³-hybridized carbons (Fsp3) is 1.00. The first-order valence-electron chi connectivity index (χ1n) is 9.77. The summed E-state index contributed by atoms with van der Waals surface area (Å²) in [4.78, 5) is 2.86. The van der Waals surface area contributed by atoms with Gasteiger partial charge in [0.1, 0.15) is 0 Å². The van der Waals surface area contributed by atoms with Crippen LogP contribution in [-0.4, -0.2) is 23.5 Å². The molecule has 0 radical (unpaired) electrons. The Balaban J connectivity index is 2.07. The van der Waals surface area contributed by atoms with Crippen molar-refractivity contribution in [3.05, 3.63) is 0 Å². The summed E-state index contributed by atoms with van der Waals surface area (Å²) in [5.74, 6) is 3.61. The molecule has 0 amide bonds. The maximum absolute atomic E-state index is 2.86. The highest BCUT2D eigenvalue weighted by Crippen LogP contribution is 2.67. The number of piperidine rings is 1. The van der Waals surface area contributed by atoms with Gasteiger partial charge in [0.25, 0.3) is 0 Å². The molecule has 1 nitrogen and oxygen atoms in total. The molecule has 2 aliphatic rings. The summed E-state index contributed by atoms with van der Waals surface area (Å²) < 4.78 is 0. The maximum Gasteiger partial charge on any atom is 0.0184 e. The van der Waals surface area contributed by atoms with Crippen LogP contribution in [0.3, 0.4) is 0 Å². The van der Waals surface area contributed by atoms with Crippen LogP contribution < -0.4 is 0 Å². The first-order valence-corrected chi connectivity index (χ1v) is 9.77. The summed E-state index contributed by atoms with van der Waals surface area (Å²) >= 11 is 0. The minimum absolute atomic E-state index is 0.380. The second-order valence-corrected chi connectivity index (χ2v) is 10.1. The van der Waals surface area contributed by atoms with E-state index in [0.717, 1.165) is 23.7 Å². The summed E-state index contributed by atoms with van der Waals surface area (Å²) in [6, 6.07) is 0. The van der Waals surface area contributed by atoms with Gasteiger partial charge < -0.3 is 0 Å². The third-order valence-electron chi connectivity index (χ3n) is 7.91. The number of likely N-dealkylation sites (tertiary alicyclic amines) is 1. The largest absolute Gasteiger partial charge is 0.297 e. The minimum atomic E-state index is 0.380. The van der Waals surface area contributed by atoms with E-state index >= 15 is 0 Å². The molecule has 2 fully saturated rings. The first kappa shape index (κ1) is 18.3. The van der Waals surface area contributed by atoms with Gasteiger partial charge in [0.05, 0.1) is 0 Å². The number of fused-ring (bicyclic) bond motifs is 1. The van der Waals surface area contributed by atoms with Crippen LogP contribution in [0.1, 0.15) is 81.6 Å². The van der Waals surface area contributed by atoms with Gasteiger partial charge in [0.15, 0.2) is 0 Å². The van der Waals surface area contributed by atoms with Crippen molar-refractivity contribution in [2.45, 2.75) is 87.1 Å². The normalized spacial score (nSPS) is 36.3. The molecular formula is C21H41N. The molecule has 0 bridgehead atoms. The number of hydrogen-bond acceptors (Lipinski definition) is 1. The fourth-order valence-corrected chi connectivity index (χ4v) is 5.76. The second-order valence-electron chi connectivity index (χ2n) is 10.1. The van der Waals surface area contributed by atoms with E-state index in [1.807, 2.05) is 0 Å². The highest BCUT2D eigenvalue weighted by Gasteiger charge is 2.67. The Kier molecular flexibility index (Phi) is 4.82. The van der Waals surface area contributed by atoms with E-state index in [-0.39, 0.29) is 0 Å². The minimum Gasteiger partial charge on any atom is -0.297 e. The fourth-order valence-electron chi connectivity index (χ4n) is 5.76. The van der Waals surface area contributed by atoms with Gasteiger partial charge in [-0.1, -0.05) is 61.8 Å². The third-order valence-corrected chi connectivity index (χ3v) is 7.91. The zero-order valence-corrected chi connectivity index (χ0v) is 16.8. The Hall–Kier alpha value is -0.0400. The van der Waals surface area contributed by atoms with Crippen LogP contribution in [0, 0.1) is 34.5 Å². The molecule has 0 spiro atoms. The zero-order chi connectivity index (χ0) is 16.9. The molecule has 1 heterocycles. The quantitative estimate of drug-likeness (QED) is 0.571. The van der Waals surface area contributed by atoms with E-state index < -0.39 is 0 Å². The lowest BCUT2D eigenvalue weighted by Crippen LogP contribution is -2.50. The van der Waals surface area contributed by atoms with Crippen molar-refractivity contribution in [3.8, 4) is 0 Å². The lowest BCUT2D eigenvalue weighted by molar-refractivity contribution is 0.0322. The standard InChI is InChI=1S/C21H41N/c1-10-16(5)19(6,7)13-20(8,11-2)22-12-17-18(15(3)4)21(17,9)14-22/h15-18H,10-14H2,1-9H3. The van der Waals surface area contributed by atoms with Crippen LogP contribution in [-0.2, 0) is 0 Å². The van der Waals surface area contributed by atoms with Crippen molar-refractivity contribution in [3.63, 3.8) is 0 Å². The summed E-state index contributed by atoms with van der Waals surface area (Å²) in [5.41, 5.74) is 1.43. The average molecular weight is 308 g/mol. The lowest BCUT2D eigenvalue weighted by Gasteiger charge is -2.47. The topological polar surface area (TPSA) is 3.24 Å². The first-order chi connectivity index (χ1) is 10.0. The molecule has 1 heteroatoms. The SMILES string of the molecule is CCC(C)C(C)(C)CC(C)(CC)N1CC2C(C(C)C)C2(C)C1. The van der Waals surface area contributed by atoms with Crippen LogP contribution in [0.4, 0.5) is 0 Å². The van der Waals surface area contributed by atoms with Crippen LogP contribution in [0.25, 0.3) is 0 Å². The van der Waals surface area contributed by atoms with Crippen molar-refractivity contribution >= 4 is 0 Å². The van der Waals surface area contributed by atoms with Gasteiger partial charge in [0.2, 0.25) is 0 Å². The predicted octanol–water partition coefficient (Wildman–Crippen LogP) is 5.84.